The predicted octanol–water partition coefficient (Wildman–Crippen LogP) is 2.88. The maximum Gasteiger partial charge on any atom is 0.246 e. The van der Waals surface area contributed by atoms with Crippen LogP contribution in [0.25, 0.3) is 0 Å². The highest BCUT2D eigenvalue weighted by molar-refractivity contribution is 5.77. The molecule has 0 aromatic heterocycles. The number of halogens is 1. The minimum atomic E-state index is -0.279. The molecule has 0 aliphatic carbocycles. The Labute approximate surface area is 135 Å². The van der Waals surface area contributed by atoms with Crippen LogP contribution in [0.2, 0.25) is 0 Å². The number of amides is 1. The normalized spacial score (nSPS) is 11.8. The second kappa shape index (κ2) is 8.29. The van der Waals surface area contributed by atoms with Gasteiger partial charge in [-0.05, 0) is 41.8 Å². The SMILES string of the molecule is COCC(=O)N[C@H](Cc1ccc(F)cc1)c1ccc(OC)cc1. The van der Waals surface area contributed by atoms with Crippen molar-refractivity contribution in [3.63, 3.8) is 0 Å². The van der Waals surface area contributed by atoms with Crippen LogP contribution in [0.3, 0.4) is 0 Å². The van der Waals surface area contributed by atoms with Gasteiger partial charge in [-0.1, -0.05) is 24.3 Å². The number of methoxy groups -OCH3 is 2. The highest BCUT2D eigenvalue weighted by atomic mass is 19.1. The molecule has 5 heteroatoms. The molecule has 0 saturated carbocycles. The van der Waals surface area contributed by atoms with Crippen LogP contribution in [0.1, 0.15) is 17.2 Å². The van der Waals surface area contributed by atoms with Crippen LogP contribution in [0.4, 0.5) is 4.39 Å². The number of carbonyl (C=O) groups is 1. The molecule has 23 heavy (non-hydrogen) atoms. The Hall–Kier alpha value is -2.40. The van der Waals surface area contributed by atoms with Gasteiger partial charge in [0.1, 0.15) is 18.2 Å². The van der Waals surface area contributed by atoms with Gasteiger partial charge in [0.25, 0.3) is 0 Å². The van der Waals surface area contributed by atoms with Crippen LogP contribution in [0.5, 0.6) is 5.75 Å². The zero-order chi connectivity index (χ0) is 16.7. The van der Waals surface area contributed by atoms with Crippen molar-refractivity contribution in [2.45, 2.75) is 12.5 Å². The first-order valence-corrected chi connectivity index (χ1v) is 7.29. The maximum absolute atomic E-state index is 13.0. The Balaban J connectivity index is 2.19. The molecule has 0 spiro atoms. The van der Waals surface area contributed by atoms with E-state index in [-0.39, 0.29) is 24.4 Å². The summed E-state index contributed by atoms with van der Waals surface area (Å²) in [5, 5.41) is 2.94. The fraction of sp³-hybridized carbons (Fsp3) is 0.278. The van der Waals surface area contributed by atoms with E-state index in [2.05, 4.69) is 5.32 Å². The summed E-state index contributed by atoms with van der Waals surface area (Å²) in [5.74, 6) is 0.270. The van der Waals surface area contributed by atoms with Gasteiger partial charge in [0.2, 0.25) is 5.91 Å². The van der Waals surface area contributed by atoms with Gasteiger partial charge >= 0.3 is 0 Å². The van der Waals surface area contributed by atoms with Crippen molar-refractivity contribution in [3.05, 3.63) is 65.5 Å². The van der Waals surface area contributed by atoms with E-state index in [4.69, 9.17) is 9.47 Å². The van der Waals surface area contributed by atoms with Crippen LogP contribution < -0.4 is 10.1 Å². The van der Waals surface area contributed by atoms with E-state index >= 15 is 0 Å². The molecule has 0 unspecified atom stereocenters. The van der Waals surface area contributed by atoms with E-state index in [1.165, 1.54) is 19.2 Å². The largest absolute Gasteiger partial charge is 0.497 e. The Morgan fingerprint density at radius 3 is 2.30 bits per heavy atom. The molecule has 0 heterocycles. The molecule has 2 rings (SSSR count). The molecule has 0 aliphatic rings. The number of benzene rings is 2. The molecule has 1 atom stereocenters. The van der Waals surface area contributed by atoms with E-state index in [1.54, 1.807) is 19.2 Å². The molecule has 0 radical (unpaired) electrons. The molecule has 2 aromatic carbocycles. The van der Waals surface area contributed by atoms with Gasteiger partial charge in [-0.2, -0.15) is 0 Å². The minimum Gasteiger partial charge on any atom is -0.497 e. The van der Waals surface area contributed by atoms with Crippen LogP contribution in [-0.2, 0) is 16.0 Å². The minimum absolute atomic E-state index is 0.00390. The topological polar surface area (TPSA) is 47.6 Å². The Kier molecular flexibility index (Phi) is 6.11. The molecule has 0 bridgehead atoms. The van der Waals surface area contributed by atoms with E-state index in [9.17, 15) is 9.18 Å². The van der Waals surface area contributed by atoms with Crippen LogP contribution >= 0.6 is 0 Å². The zero-order valence-electron chi connectivity index (χ0n) is 13.2. The van der Waals surface area contributed by atoms with E-state index < -0.39 is 0 Å². The lowest BCUT2D eigenvalue weighted by Crippen LogP contribution is -2.32. The van der Waals surface area contributed by atoms with Gasteiger partial charge in [-0.15, -0.1) is 0 Å². The fourth-order valence-electron chi connectivity index (χ4n) is 2.31. The Morgan fingerprint density at radius 2 is 1.74 bits per heavy atom. The molecular weight excluding hydrogens is 297 g/mol. The van der Waals surface area contributed by atoms with Gasteiger partial charge in [-0.3, -0.25) is 4.79 Å². The first kappa shape index (κ1) is 17.0. The fourth-order valence-corrected chi connectivity index (χ4v) is 2.31. The van der Waals surface area contributed by atoms with E-state index in [0.717, 1.165) is 16.9 Å². The third kappa shape index (κ3) is 5.07. The zero-order valence-corrected chi connectivity index (χ0v) is 13.2. The third-order valence-electron chi connectivity index (χ3n) is 3.48. The summed E-state index contributed by atoms with van der Waals surface area (Å²) in [4.78, 5) is 11.9. The maximum atomic E-state index is 13.0. The molecule has 0 aliphatic heterocycles. The lowest BCUT2D eigenvalue weighted by molar-refractivity contribution is -0.125. The molecule has 122 valence electrons. The van der Waals surface area contributed by atoms with Crippen LogP contribution in [-0.4, -0.2) is 26.7 Å². The average Bonchev–Trinajstić information content (AvgIpc) is 2.56. The molecule has 1 N–H and O–H groups in total. The highest BCUT2D eigenvalue weighted by Gasteiger charge is 2.15. The lowest BCUT2D eigenvalue weighted by Gasteiger charge is -2.20. The van der Waals surface area contributed by atoms with E-state index in [1.807, 2.05) is 24.3 Å². The lowest BCUT2D eigenvalue weighted by atomic mass is 9.98. The Morgan fingerprint density at radius 1 is 1.09 bits per heavy atom. The summed E-state index contributed by atoms with van der Waals surface area (Å²) < 4.78 is 23.1. The van der Waals surface area contributed by atoms with Gasteiger partial charge in [-0.25, -0.2) is 4.39 Å². The van der Waals surface area contributed by atoms with Crippen molar-refractivity contribution >= 4 is 5.91 Å². The van der Waals surface area contributed by atoms with Crippen LogP contribution in [0.15, 0.2) is 48.5 Å². The van der Waals surface area contributed by atoms with Crippen molar-refractivity contribution in [1.82, 2.24) is 5.32 Å². The second-order valence-electron chi connectivity index (χ2n) is 5.16. The van der Waals surface area contributed by atoms with Gasteiger partial charge in [0, 0.05) is 7.11 Å². The molecule has 4 nitrogen and oxygen atoms in total. The number of rotatable bonds is 7. The number of nitrogens with one attached hydrogen (secondary N) is 1. The first-order valence-electron chi connectivity index (χ1n) is 7.29. The van der Waals surface area contributed by atoms with Gasteiger partial charge in [0.15, 0.2) is 0 Å². The molecule has 0 saturated heterocycles. The smallest absolute Gasteiger partial charge is 0.246 e. The molecule has 0 fully saturated rings. The van der Waals surface area contributed by atoms with Crippen molar-refractivity contribution in [3.8, 4) is 5.75 Å². The number of hydrogen-bond acceptors (Lipinski definition) is 3. The number of ether oxygens (including phenoxy) is 2. The van der Waals surface area contributed by atoms with Crippen molar-refractivity contribution in [2.24, 2.45) is 0 Å². The summed E-state index contributed by atoms with van der Waals surface area (Å²) in [6, 6.07) is 13.5. The summed E-state index contributed by atoms with van der Waals surface area (Å²) >= 11 is 0. The highest BCUT2D eigenvalue weighted by Crippen LogP contribution is 2.21. The average molecular weight is 317 g/mol. The summed E-state index contributed by atoms with van der Waals surface area (Å²) in [7, 11) is 3.08. The van der Waals surface area contributed by atoms with Crippen molar-refractivity contribution in [1.29, 1.82) is 0 Å². The summed E-state index contributed by atoms with van der Waals surface area (Å²) in [6.45, 7) is -0.00390. The summed E-state index contributed by atoms with van der Waals surface area (Å²) in [6.07, 6.45) is 0.558. The molecule has 1 amide bonds. The van der Waals surface area contributed by atoms with Crippen molar-refractivity contribution in [2.75, 3.05) is 20.8 Å². The van der Waals surface area contributed by atoms with Crippen LogP contribution in [0, 0.1) is 5.82 Å². The Bertz CT molecular complexity index is 626. The third-order valence-corrected chi connectivity index (χ3v) is 3.48. The number of hydrogen-bond donors (Lipinski definition) is 1. The molecule has 2 aromatic rings. The monoisotopic (exact) mass is 317 g/mol. The standard InChI is InChI=1S/C18H20FNO3/c1-22-12-18(21)20-17(11-13-3-7-15(19)8-4-13)14-5-9-16(23-2)10-6-14/h3-10,17H,11-12H2,1-2H3,(H,20,21)/t17-/m1/s1. The second-order valence-corrected chi connectivity index (χ2v) is 5.16. The predicted molar refractivity (Wildman–Crippen MR) is 85.9 cm³/mol. The van der Waals surface area contributed by atoms with E-state index in [0.29, 0.717) is 6.42 Å². The number of carbonyl (C=O) groups excluding carboxylic acids is 1. The van der Waals surface area contributed by atoms with Gasteiger partial charge in [0.05, 0.1) is 13.2 Å². The summed E-state index contributed by atoms with van der Waals surface area (Å²) in [5.41, 5.74) is 1.88. The quantitative estimate of drug-likeness (QED) is 0.854. The molecular formula is C18H20FNO3. The van der Waals surface area contributed by atoms with Gasteiger partial charge < -0.3 is 14.8 Å². The first-order chi connectivity index (χ1) is 11.1. The van der Waals surface area contributed by atoms with Crippen molar-refractivity contribution < 1.29 is 18.7 Å².